The van der Waals surface area contributed by atoms with Crippen LogP contribution in [0.4, 0.5) is 17.8 Å². The summed E-state index contributed by atoms with van der Waals surface area (Å²) in [5.41, 5.74) is 15.4. The summed E-state index contributed by atoms with van der Waals surface area (Å²) < 4.78 is 30.6. The third-order valence-electron chi connectivity index (χ3n) is 3.61. The van der Waals surface area contributed by atoms with Crippen LogP contribution in [0.1, 0.15) is 6.92 Å². The van der Waals surface area contributed by atoms with Crippen molar-refractivity contribution in [3.8, 4) is 0 Å². The van der Waals surface area contributed by atoms with Crippen LogP contribution < -0.4 is 17.2 Å². The van der Waals surface area contributed by atoms with E-state index in [1.54, 1.807) is 0 Å². The first-order chi connectivity index (χ1) is 12.0. The first-order valence-electron chi connectivity index (χ1n) is 7.11. The van der Waals surface area contributed by atoms with Gasteiger partial charge in [-0.1, -0.05) is 0 Å². The van der Waals surface area contributed by atoms with Crippen LogP contribution in [0.15, 0.2) is 0 Å². The molecule has 1 aromatic heterocycles. The molecule has 0 unspecified atom stereocenters. The van der Waals surface area contributed by atoms with Gasteiger partial charge in [-0.05, 0) is 6.92 Å². The second-order valence-corrected chi connectivity index (χ2v) is 4.78. The molecule has 1 rings (SSSR count). The molecule has 152 valence electrons. The number of nitrogens with zero attached hydrogens (tertiary/aromatic N) is 3. The predicted molar refractivity (Wildman–Crippen MR) is 91.2 cm³/mol. The van der Waals surface area contributed by atoms with Gasteiger partial charge in [-0.15, -0.1) is 0 Å². The fraction of sp³-hybridized carbons (Fsp3) is 0.769. The third kappa shape index (κ3) is 4.64. The zero-order valence-electron chi connectivity index (χ0n) is 16.0. The lowest BCUT2D eigenvalue weighted by Crippen LogP contribution is -2.71. The van der Waals surface area contributed by atoms with Gasteiger partial charge in [0.1, 0.15) is 0 Å². The Bertz CT molecular complexity index is 479. The van der Waals surface area contributed by atoms with E-state index in [0.29, 0.717) is 0 Å². The number of nitrogens with two attached hydrogens (primary N) is 3. The Kier molecular flexibility index (Phi) is 9.03. The van der Waals surface area contributed by atoms with Gasteiger partial charge in [-0.3, -0.25) is 0 Å². The molecule has 0 aliphatic carbocycles. The van der Waals surface area contributed by atoms with Crippen molar-refractivity contribution < 1.29 is 33.5 Å². The van der Waals surface area contributed by atoms with Crippen LogP contribution >= 0.6 is 0 Å². The van der Waals surface area contributed by atoms with Crippen LogP contribution in [-0.2, 0) is 28.4 Å². The maximum Gasteiger partial charge on any atom is 0.343 e. The van der Waals surface area contributed by atoms with E-state index in [-0.39, 0.29) is 17.8 Å². The van der Waals surface area contributed by atoms with E-state index in [1.807, 2.05) is 0 Å². The zero-order valence-corrected chi connectivity index (χ0v) is 16.0. The smallest absolute Gasteiger partial charge is 0.343 e. The number of anilines is 3. The summed E-state index contributed by atoms with van der Waals surface area (Å²) in [5.74, 6) is -5.39. The Hall–Kier alpha value is -1.87. The van der Waals surface area contributed by atoms with Gasteiger partial charge in [0.15, 0.2) is 0 Å². The van der Waals surface area contributed by atoms with Gasteiger partial charge < -0.3 is 50.7 Å². The van der Waals surface area contributed by atoms with Crippen LogP contribution in [0.5, 0.6) is 0 Å². The fourth-order valence-electron chi connectivity index (χ4n) is 2.13. The highest BCUT2D eigenvalue weighted by atomic mass is 16.9. The second-order valence-electron chi connectivity index (χ2n) is 4.78. The van der Waals surface area contributed by atoms with E-state index >= 15 is 0 Å². The van der Waals surface area contributed by atoms with Crippen molar-refractivity contribution in [2.45, 2.75) is 24.5 Å². The molecule has 0 saturated heterocycles. The average Bonchev–Trinajstić information content (AvgIpc) is 2.61. The number of hydrogen-bond donors (Lipinski definition) is 4. The maximum absolute atomic E-state index is 10.3. The molecule has 13 heteroatoms. The van der Waals surface area contributed by atoms with E-state index in [2.05, 4.69) is 15.0 Å². The summed E-state index contributed by atoms with van der Waals surface area (Å²) in [6, 6.07) is 0. The summed E-state index contributed by atoms with van der Waals surface area (Å²) >= 11 is 0. The summed E-state index contributed by atoms with van der Waals surface area (Å²) in [4.78, 5) is 10.5. The van der Waals surface area contributed by atoms with Crippen molar-refractivity contribution in [3.05, 3.63) is 0 Å². The number of nitrogen functional groups attached to an aromatic ring is 3. The van der Waals surface area contributed by atoms with Crippen molar-refractivity contribution >= 4 is 17.8 Å². The topological polar surface area (TPSA) is 192 Å². The van der Waals surface area contributed by atoms with Gasteiger partial charge in [0, 0.05) is 42.7 Å². The molecule has 0 aliphatic rings. The molecule has 0 fully saturated rings. The molecular weight excluding hydrogens is 352 g/mol. The first kappa shape index (κ1) is 24.1. The van der Waals surface area contributed by atoms with Crippen LogP contribution in [-0.4, -0.2) is 80.3 Å². The standard InChI is InChI=1S/C10H22O7.C3H6N6/c1-8(12-2,13-3)9(14-4,15-5)10(11,16-6)17-7;4-1-7-2(5)9-3(6)8-1/h11H,1-7H3;(H6,4,5,6,7,8,9). The monoisotopic (exact) mass is 380 g/mol. The van der Waals surface area contributed by atoms with Gasteiger partial charge >= 0.3 is 11.8 Å². The summed E-state index contributed by atoms with van der Waals surface area (Å²) in [6.07, 6.45) is 0. The Morgan fingerprint density at radius 1 is 0.654 bits per heavy atom. The Morgan fingerprint density at radius 2 is 0.962 bits per heavy atom. The molecule has 0 atom stereocenters. The normalized spacial score (nSPS) is 12.5. The van der Waals surface area contributed by atoms with Gasteiger partial charge in [0.25, 0.3) is 0 Å². The Balaban J connectivity index is 0.000000577. The molecule has 0 aromatic carbocycles. The van der Waals surface area contributed by atoms with E-state index in [4.69, 9.17) is 45.6 Å². The van der Waals surface area contributed by atoms with Gasteiger partial charge in [-0.2, -0.15) is 15.0 Å². The van der Waals surface area contributed by atoms with E-state index in [0.717, 1.165) is 0 Å². The van der Waals surface area contributed by atoms with Crippen LogP contribution in [0, 0.1) is 0 Å². The lowest BCUT2D eigenvalue weighted by molar-refractivity contribution is -0.526. The van der Waals surface area contributed by atoms with Gasteiger partial charge in [0.2, 0.25) is 23.6 Å². The zero-order chi connectivity index (χ0) is 20.6. The number of hydrogen-bond acceptors (Lipinski definition) is 13. The number of aliphatic hydroxyl groups is 1. The second kappa shape index (κ2) is 9.72. The molecule has 0 aliphatic heterocycles. The highest BCUT2D eigenvalue weighted by molar-refractivity contribution is 5.33. The van der Waals surface area contributed by atoms with Crippen LogP contribution in [0.3, 0.4) is 0 Å². The highest BCUT2D eigenvalue weighted by Gasteiger charge is 2.67. The minimum atomic E-state index is -2.21. The number of aromatic nitrogens is 3. The molecule has 0 spiro atoms. The SMILES string of the molecule is COC(C)(OC)C(OC)(OC)C(O)(OC)OC.Nc1nc(N)nc(N)n1. The van der Waals surface area contributed by atoms with Gasteiger partial charge in [-0.25, -0.2) is 0 Å². The van der Waals surface area contributed by atoms with Crippen molar-refractivity contribution in [1.82, 2.24) is 15.0 Å². The third-order valence-corrected chi connectivity index (χ3v) is 3.61. The van der Waals surface area contributed by atoms with E-state index in [9.17, 15) is 5.11 Å². The molecular formula is C13H28N6O7. The molecule has 1 aromatic rings. The molecule has 7 N–H and O–H groups in total. The molecule has 0 radical (unpaired) electrons. The quantitative estimate of drug-likeness (QED) is 0.383. The van der Waals surface area contributed by atoms with E-state index < -0.39 is 17.5 Å². The number of methoxy groups -OCH3 is 6. The Morgan fingerprint density at radius 3 is 1.15 bits per heavy atom. The molecule has 0 amide bonds. The molecule has 13 nitrogen and oxygen atoms in total. The summed E-state index contributed by atoms with van der Waals surface area (Å²) in [5, 5.41) is 10.3. The van der Waals surface area contributed by atoms with Crippen molar-refractivity contribution in [2.24, 2.45) is 0 Å². The molecule has 1 heterocycles. The fourth-order valence-corrected chi connectivity index (χ4v) is 2.13. The average molecular weight is 380 g/mol. The number of ether oxygens (including phenoxy) is 6. The van der Waals surface area contributed by atoms with Crippen LogP contribution in [0.2, 0.25) is 0 Å². The summed E-state index contributed by atoms with van der Waals surface area (Å²) in [7, 11) is 7.85. The lowest BCUT2D eigenvalue weighted by atomic mass is 10.0. The van der Waals surface area contributed by atoms with Crippen molar-refractivity contribution in [1.29, 1.82) is 0 Å². The van der Waals surface area contributed by atoms with Crippen molar-refractivity contribution in [3.63, 3.8) is 0 Å². The van der Waals surface area contributed by atoms with Crippen LogP contribution in [0.25, 0.3) is 0 Å². The minimum absolute atomic E-state index is 0.0417. The minimum Gasteiger partial charge on any atom is -0.368 e. The molecule has 0 saturated carbocycles. The maximum atomic E-state index is 10.3. The largest absolute Gasteiger partial charge is 0.368 e. The molecule has 0 bridgehead atoms. The first-order valence-corrected chi connectivity index (χ1v) is 7.11. The number of rotatable bonds is 8. The molecule has 26 heavy (non-hydrogen) atoms. The van der Waals surface area contributed by atoms with Crippen molar-refractivity contribution in [2.75, 3.05) is 59.9 Å². The highest BCUT2D eigenvalue weighted by Crippen LogP contribution is 2.40. The predicted octanol–water partition coefficient (Wildman–Crippen LogP) is -1.46. The lowest BCUT2D eigenvalue weighted by Gasteiger charge is -2.49. The Labute approximate surface area is 151 Å². The summed E-state index contributed by atoms with van der Waals surface area (Å²) in [6.45, 7) is 1.52. The van der Waals surface area contributed by atoms with E-state index in [1.165, 1.54) is 49.6 Å². The van der Waals surface area contributed by atoms with Gasteiger partial charge in [0.05, 0.1) is 0 Å².